The maximum absolute atomic E-state index is 6.10. The first-order valence-electron chi connectivity index (χ1n) is 5.86. The molecule has 0 saturated carbocycles. The van der Waals surface area contributed by atoms with E-state index in [9.17, 15) is 0 Å². The molecule has 6 heteroatoms. The second-order valence-electron chi connectivity index (χ2n) is 4.29. The molecule has 0 bridgehead atoms. The van der Waals surface area contributed by atoms with Crippen LogP contribution in [-0.2, 0) is 4.74 Å². The Labute approximate surface area is 113 Å². The number of hydrogen-bond donors (Lipinski definition) is 0. The highest BCUT2D eigenvalue weighted by Crippen LogP contribution is 2.13. The van der Waals surface area contributed by atoms with Crippen LogP contribution in [0.1, 0.15) is 13.8 Å². The Balaban J connectivity index is 2.64. The Morgan fingerprint density at radius 3 is 2.78 bits per heavy atom. The summed E-state index contributed by atoms with van der Waals surface area (Å²) in [5, 5.41) is -0.0988. The van der Waals surface area contributed by atoms with E-state index in [4.69, 9.17) is 21.1 Å². The van der Waals surface area contributed by atoms with Crippen molar-refractivity contribution >= 4 is 17.5 Å². The van der Waals surface area contributed by atoms with E-state index in [1.54, 1.807) is 19.4 Å². The average Bonchev–Trinajstić information content (AvgIpc) is 2.28. The molecule has 0 aromatic carbocycles. The van der Waals surface area contributed by atoms with Gasteiger partial charge in [0.25, 0.3) is 0 Å². The Bertz CT molecular complexity index is 363. The molecule has 1 aromatic rings. The summed E-state index contributed by atoms with van der Waals surface area (Å²) in [4.78, 5) is 10.4. The zero-order valence-electron chi connectivity index (χ0n) is 11.3. The van der Waals surface area contributed by atoms with Crippen molar-refractivity contribution in [2.45, 2.75) is 25.3 Å². The highest BCUT2D eigenvalue weighted by Gasteiger charge is 2.12. The van der Waals surface area contributed by atoms with Gasteiger partial charge in [-0.2, -0.15) is 4.98 Å². The molecule has 1 unspecified atom stereocenters. The second-order valence-corrected chi connectivity index (χ2v) is 4.91. The van der Waals surface area contributed by atoms with E-state index >= 15 is 0 Å². The van der Waals surface area contributed by atoms with E-state index in [0.717, 1.165) is 0 Å². The molecule has 0 spiro atoms. The van der Waals surface area contributed by atoms with Crippen LogP contribution in [0.25, 0.3) is 0 Å². The predicted octanol–water partition coefficient (Wildman–Crippen LogP) is 1.95. The summed E-state index contributed by atoms with van der Waals surface area (Å²) in [5.41, 5.74) is 0. The van der Waals surface area contributed by atoms with Gasteiger partial charge in [-0.05, 0) is 13.8 Å². The predicted molar refractivity (Wildman–Crippen MR) is 72.6 cm³/mol. The molecule has 0 saturated heterocycles. The highest BCUT2D eigenvalue weighted by molar-refractivity contribution is 6.21. The number of methoxy groups -OCH3 is 1. The zero-order valence-corrected chi connectivity index (χ0v) is 12.0. The Morgan fingerprint density at radius 2 is 2.17 bits per heavy atom. The van der Waals surface area contributed by atoms with Crippen molar-refractivity contribution in [1.29, 1.82) is 0 Å². The molecule has 0 aliphatic carbocycles. The fraction of sp³-hybridized carbons (Fsp3) is 0.667. The minimum absolute atomic E-state index is 0.0901. The van der Waals surface area contributed by atoms with Crippen LogP contribution in [-0.4, -0.2) is 48.8 Å². The fourth-order valence-corrected chi connectivity index (χ4v) is 1.77. The van der Waals surface area contributed by atoms with Gasteiger partial charge in [0.2, 0.25) is 11.8 Å². The lowest BCUT2D eigenvalue weighted by Crippen LogP contribution is -2.29. The number of nitrogens with zero attached hydrogens (tertiary/aromatic N) is 3. The van der Waals surface area contributed by atoms with E-state index in [1.165, 1.54) is 0 Å². The summed E-state index contributed by atoms with van der Waals surface area (Å²) in [7, 11) is 3.52. The molecule has 5 nitrogen and oxygen atoms in total. The van der Waals surface area contributed by atoms with E-state index in [-0.39, 0.29) is 11.5 Å². The topological polar surface area (TPSA) is 47.5 Å². The monoisotopic (exact) mass is 273 g/mol. The Morgan fingerprint density at radius 1 is 1.44 bits per heavy atom. The molecule has 1 atom stereocenters. The lowest BCUT2D eigenvalue weighted by Gasteiger charge is -2.20. The number of hydrogen-bond acceptors (Lipinski definition) is 5. The standard InChI is InChI=1S/C12H20ClN3O2/c1-9(2)18-11-5-6-14-12(15-11)16(3)7-10(13)8-17-4/h5-6,9-10H,7-8H2,1-4H3. The van der Waals surface area contributed by atoms with Crippen LogP contribution < -0.4 is 9.64 Å². The quantitative estimate of drug-likeness (QED) is 0.711. The van der Waals surface area contributed by atoms with E-state index in [2.05, 4.69) is 9.97 Å². The van der Waals surface area contributed by atoms with Gasteiger partial charge < -0.3 is 14.4 Å². The van der Waals surface area contributed by atoms with E-state index in [1.807, 2.05) is 25.8 Å². The van der Waals surface area contributed by atoms with Gasteiger partial charge in [-0.1, -0.05) is 0 Å². The van der Waals surface area contributed by atoms with Crippen LogP contribution in [0, 0.1) is 0 Å². The molecular weight excluding hydrogens is 254 g/mol. The molecule has 1 aromatic heterocycles. The first-order chi connectivity index (χ1) is 8.52. The van der Waals surface area contributed by atoms with Crippen LogP contribution in [0.3, 0.4) is 0 Å². The molecule has 18 heavy (non-hydrogen) atoms. The SMILES string of the molecule is COCC(Cl)CN(C)c1nccc(OC(C)C)n1. The minimum atomic E-state index is -0.0988. The van der Waals surface area contributed by atoms with Crippen molar-refractivity contribution in [1.82, 2.24) is 9.97 Å². The molecule has 102 valence electrons. The zero-order chi connectivity index (χ0) is 13.5. The van der Waals surface area contributed by atoms with Crippen LogP contribution in [0.15, 0.2) is 12.3 Å². The van der Waals surface area contributed by atoms with Crippen molar-refractivity contribution < 1.29 is 9.47 Å². The molecule has 0 N–H and O–H groups in total. The first-order valence-corrected chi connectivity index (χ1v) is 6.30. The lowest BCUT2D eigenvalue weighted by molar-refractivity contribution is 0.199. The molecular formula is C12H20ClN3O2. The molecule has 0 aliphatic heterocycles. The largest absolute Gasteiger partial charge is 0.475 e. The summed E-state index contributed by atoms with van der Waals surface area (Å²) in [6, 6.07) is 1.74. The lowest BCUT2D eigenvalue weighted by atomic mass is 10.4. The summed E-state index contributed by atoms with van der Waals surface area (Å²) in [6.45, 7) is 5.02. The number of ether oxygens (including phenoxy) is 2. The summed E-state index contributed by atoms with van der Waals surface area (Å²) in [6.07, 6.45) is 1.77. The molecule has 0 fully saturated rings. The number of halogens is 1. The molecule has 1 heterocycles. The number of anilines is 1. The minimum Gasteiger partial charge on any atom is -0.475 e. The van der Waals surface area contributed by atoms with Gasteiger partial charge in [-0.25, -0.2) is 4.98 Å². The Kier molecular flexibility index (Phi) is 6.15. The van der Waals surface area contributed by atoms with Crippen molar-refractivity contribution in [2.24, 2.45) is 0 Å². The summed E-state index contributed by atoms with van der Waals surface area (Å²) < 4.78 is 10.5. The summed E-state index contributed by atoms with van der Waals surface area (Å²) in [5.74, 6) is 1.16. The maximum atomic E-state index is 6.10. The van der Waals surface area contributed by atoms with E-state index in [0.29, 0.717) is 25.0 Å². The number of alkyl halides is 1. The van der Waals surface area contributed by atoms with Gasteiger partial charge in [0.15, 0.2) is 0 Å². The van der Waals surface area contributed by atoms with Crippen molar-refractivity contribution in [2.75, 3.05) is 32.2 Å². The third-order valence-corrected chi connectivity index (χ3v) is 2.40. The highest BCUT2D eigenvalue weighted by atomic mass is 35.5. The number of rotatable bonds is 7. The third kappa shape index (κ3) is 5.06. The van der Waals surface area contributed by atoms with Crippen LogP contribution in [0.5, 0.6) is 5.88 Å². The van der Waals surface area contributed by atoms with Crippen LogP contribution >= 0.6 is 11.6 Å². The van der Waals surface area contributed by atoms with Crippen LogP contribution in [0.4, 0.5) is 5.95 Å². The smallest absolute Gasteiger partial charge is 0.228 e. The molecule has 0 aliphatic rings. The fourth-order valence-electron chi connectivity index (χ4n) is 1.44. The van der Waals surface area contributed by atoms with Crippen molar-refractivity contribution in [3.63, 3.8) is 0 Å². The molecule has 0 radical (unpaired) electrons. The third-order valence-electron chi connectivity index (χ3n) is 2.13. The van der Waals surface area contributed by atoms with Gasteiger partial charge >= 0.3 is 0 Å². The van der Waals surface area contributed by atoms with Crippen molar-refractivity contribution in [3.8, 4) is 5.88 Å². The van der Waals surface area contributed by atoms with Crippen LogP contribution in [0.2, 0.25) is 0 Å². The van der Waals surface area contributed by atoms with Gasteiger partial charge in [-0.3, -0.25) is 0 Å². The first kappa shape index (κ1) is 15.0. The van der Waals surface area contributed by atoms with Gasteiger partial charge in [0, 0.05) is 33.0 Å². The van der Waals surface area contributed by atoms with Gasteiger partial charge in [-0.15, -0.1) is 11.6 Å². The number of aromatic nitrogens is 2. The van der Waals surface area contributed by atoms with Gasteiger partial charge in [0.05, 0.1) is 18.1 Å². The van der Waals surface area contributed by atoms with Crippen molar-refractivity contribution in [3.05, 3.63) is 12.3 Å². The average molecular weight is 274 g/mol. The van der Waals surface area contributed by atoms with E-state index < -0.39 is 0 Å². The normalized spacial score (nSPS) is 12.6. The molecule has 0 amide bonds. The Hall–Kier alpha value is -1.07. The maximum Gasteiger partial charge on any atom is 0.228 e. The molecule has 1 rings (SSSR count). The second kappa shape index (κ2) is 7.38. The van der Waals surface area contributed by atoms with Gasteiger partial charge in [0.1, 0.15) is 0 Å². The summed E-state index contributed by atoms with van der Waals surface area (Å²) >= 11 is 6.10.